The van der Waals surface area contributed by atoms with E-state index in [-0.39, 0.29) is 12.5 Å². The van der Waals surface area contributed by atoms with Crippen LogP contribution >= 0.6 is 11.8 Å². The Bertz CT molecular complexity index is 177. The molecule has 0 saturated carbocycles. The summed E-state index contributed by atoms with van der Waals surface area (Å²) in [5, 5.41) is 14.3. The van der Waals surface area contributed by atoms with Gasteiger partial charge in [-0.3, -0.25) is 4.79 Å². The molecule has 0 spiro atoms. The number of aliphatic hydroxyl groups is 1. The minimum Gasteiger partial charge on any atom is -0.396 e. The minimum atomic E-state index is 0.0135. The van der Waals surface area contributed by atoms with Gasteiger partial charge in [-0.15, -0.1) is 6.58 Å². The van der Waals surface area contributed by atoms with Crippen molar-refractivity contribution >= 4 is 17.7 Å². The maximum absolute atomic E-state index is 11.1. The van der Waals surface area contributed by atoms with Crippen molar-refractivity contribution in [2.24, 2.45) is 0 Å². The summed E-state index contributed by atoms with van der Waals surface area (Å²) in [5.74, 6) is 1.86. The smallest absolute Gasteiger partial charge is 0.233 e. The number of carbonyl (C=O) groups excluding carboxylic acids is 1. The highest BCUT2D eigenvalue weighted by atomic mass is 32.2. The Morgan fingerprint density at radius 3 is 2.93 bits per heavy atom. The number of thioether (sulfide) groups is 1. The molecule has 0 aliphatic rings. The monoisotopic (exact) mass is 232 g/mol. The highest BCUT2D eigenvalue weighted by molar-refractivity contribution is 7.99. The zero-order valence-electron chi connectivity index (χ0n) is 9.00. The van der Waals surface area contributed by atoms with E-state index in [0.717, 1.165) is 17.9 Å². The van der Waals surface area contributed by atoms with Gasteiger partial charge in [0.2, 0.25) is 5.91 Å². The van der Waals surface area contributed by atoms with Gasteiger partial charge in [-0.1, -0.05) is 6.08 Å². The molecule has 0 aromatic carbocycles. The molecule has 0 unspecified atom stereocenters. The Kier molecular flexibility index (Phi) is 11.2. The molecule has 0 heterocycles. The highest BCUT2D eigenvalue weighted by Gasteiger charge is 1.97. The quantitative estimate of drug-likeness (QED) is 0.366. The number of amides is 1. The Hall–Kier alpha value is -0.520. The first-order chi connectivity index (χ1) is 7.31. The molecule has 0 atom stereocenters. The molecule has 0 rings (SSSR count). The summed E-state index contributed by atoms with van der Waals surface area (Å²) in [5.41, 5.74) is 0. The lowest BCUT2D eigenvalue weighted by molar-refractivity contribution is -0.120. The zero-order valence-corrected chi connectivity index (χ0v) is 9.81. The second-order valence-corrected chi connectivity index (χ2v) is 4.18. The van der Waals surface area contributed by atoms with Gasteiger partial charge < -0.3 is 15.7 Å². The van der Waals surface area contributed by atoms with Crippen LogP contribution in [-0.2, 0) is 4.79 Å². The third kappa shape index (κ3) is 11.4. The van der Waals surface area contributed by atoms with Gasteiger partial charge in [-0.25, -0.2) is 0 Å². The number of nitrogens with one attached hydrogen (secondary N) is 2. The first-order valence-corrected chi connectivity index (χ1v) is 6.23. The third-order valence-electron chi connectivity index (χ3n) is 1.59. The first-order valence-electron chi connectivity index (χ1n) is 5.08. The van der Waals surface area contributed by atoms with E-state index >= 15 is 0 Å². The molecule has 3 N–H and O–H groups in total. The fourth-order valence-corrected chi connectivity index (χ4v) is 1.67. The van der Waals surface area contributed by atoms with Crippen LogP contribution in [-0.4, -0.2) is 48.8 Å². The van der Waals surface area contributed by atoms with Crippen LogP contribution in [0.25, 0.3) is 0 Å². The van der Waals surface area contributed by atoms with Gasteiger partial charge in [-0.05, 0) is 12.2 Å². The standard InChI is InChI=1S/C10H20N2O2S/c1-2-4-11-9-10(14)12-5-8-15-7-3-6-13/h2,11,13H,1,3-9H2,(H,12,14). The normalized spacial score (nSPS) is 9.93. The second-order valence-electron chi connectivity index (χ2n) is 2.96. The molecule has 0 radical (unpaired) electrons. The van der Waals surface area contributed by atoms with E-state index < -0.39 is 0 Å². The lowest BCUT2D eigenvalue weighted by Crippen LogP contribution is -2.35. The molecule has 15 heavy (non-hydrogen) atoms. The van der Waals surface area contributed by atoms with Crippen molar-refractivity contribution in [1.29, 1.82) is 0 Å². The SMILES string of the molecule is C=CCNCC(=O)NCCSCCCO. The van der Waals surface area contributed by atoms with Gasteiger partial charge in [0.15, 0.2) is 0 Å². The Morgan fingerprint density at radius 1 is 1.47 bits per heavy atom. The predicted molar refractivity (Wildman–Crippen MR) is 65.1 cm³/mol. The maximum atomic E-state index is 11.1. The number of aliphatic hydroxyl groups excluding tert-OH is 1. The molecule has 5 heteroatoms. The van der Waals surface area contributed by atoms with Crippen molar-refractivity contribution in [3.05, 3.63) is 12.7 Å². The Labute approximate surface area is 95.5 Å². The van der Waals surface area contributed by atoms with Gasteiger partial charge in [-0.2, -0.15) is 11.8 Å². The largest absolute Gasteiger partial charge is 0.396 e. The summed E-state index contributed by atoms with van der Waals surface area (Å²) >= 11 is 1.74. The molecule has 4 nitrogen and oxygen atoms in total. The lowest BCUT2D eigenvalue weighted by Gasteiger charge is -2.05. The van der Waals surface area contributed by atoms with Crippen LogP contribution in [0.2, 0.25) is 0 Å². The van der Waals surface area contributed by atoms with Crippen molar-refractivity contribution in [1.82, 2.24) is 10.6 Å². The van der Waals surface area contributed by atoms with Crippen molar-refractivity contribution in [3.63, 3.8) is 0 Å². The number of rotatable bonds is 10. The van der Waals surface area contributed by atoms with Crippen LogP contribution < -0.4 is 10.6 Å². The number of hydrogen-bond donors (Lipinski definition) is 3. The van der Waals surface area contributed by atoms with E-state index in [1.807, 2.05) is 0 Å². The molecule has 0 saturated heterocycles. The molecule has 0 aliphatic carbocycles. The third-order valence-corrected chi connectivity index (χ3v) is 2.66. The topological polar surface area (TPSA) is 61.4 Å². The van der Waals surface area contributed by atoms with Gasteiger partial charge >= 0.3 is 0 Å². The second kappa shape index (κ2) is 11.6. The molecule has 0 bridgehead atoms. The maximum Gasteiger partial charge on any atom is 0.233 e. The van der Waals surface area contributed by atoms with Crippen molar-refractivity contribution in [2.75, 3.05) is 37.7 Å². The average molecular weight is 232 g/mol. The summed E-state index contributed by atoms with van der Waals surface area (Å²) in [6, 6.07) is 0. The fraction of sp³-hybridized carbons (Fsp3) is 0.700. The lowest BCUT2D eigenvalue weighted by atomic mass is 10.5. The minimum absolute atomic E-state index is 0.0135. The molecule has 0 aromatic heterocycles. The van der Waals surface area contributed by atoms with Crippen molar-refractivity contribution in [2.45, 2.75) is 6.42 Å². The van der Waals surface area contributed by atoms with Crippen LogP contribution in [0.4, 0.5) is 0 Å². The summed E-state index contributed by atoms with van der Waals surface area (Å²) in [6.07, 6.45) is 2.54. The van der Waals surface area contributed by atoms with Crippen molar-refractivity contribution in [3.8, 4) is 0 Å². The predicted octanol–water partition coefficient (Wildman–Crippen LogP) is -0.00620. The van der Waals surface area contributed by atoms with Gasteiger partial charge in [0, 0.05) is 25.4 Å². The molecule has 0 aliphatic heterocycles. The first kappa shape index (κ1) is 14.5. The average Bonchev–Trinajstić information content (AvgIpc) is 2.23. The van der Waals surface area contributed by atoms with E-state index in [1.165, 1.54) is 0 Å². The summed E-state index contributed by atoms with van der Waals surface area (Å²) < 4.78 is 0. The summed E-state index contributed by atoms with van der Waals surface area (Å²) in [7, 11) is 0. The van der Waals surface area contributed by atoms with E-state index in [9.17, 15) is 4.79 Å². The van der Waals surface area contributed by atoms with E-state index in [0.29, 0.717) is 19.6 Å². The fourth-order valence-electron chi connectivity index (χ4n) is 0.882. The number of carbonyl (C=O) groups is 1. The van der Waals surface area contributed by atoms with Crippen LogP contribution in [0, 0.1) is 0 Å². The van der Waals surface area contributed by atoms with E-state index in [2.05, 4.69) is 17.2 Å². The van der Waals surface area contributed by atoms with Crippen molar-refractivity contribution < 1.29 is 9.90 Å². The van der Waals surface area contributed by atoms with E-state index in [4.69, 9.17) is 5.11 Å². The Morgan fingerprint density at radius 2 is 2.27 bits per heavy atom. The molecule has 0 fully saturated rings. The molecule has 0 aromatic rings. The summed E-state index contributed by atoms with van der Waals surface area (Å²) in [6.45, 7) is 5.46. The number of hydrogen-bond acceptors (Lipinski definition) is 4. The van der Waals surface area contributed by atoms with Gasteiger partial charge in [0.25, 0.3) is 0 Å². The Balaban J connectivity index is 3.13. The van der Waals surface area contributed by atoms with Crippen LogP contribution in [0.3, 0.4) is 0 Å². The zero-order chi connectivity index (χ0) is 11.4. The molecular weight excluding hydrogens is 212 g/mol. The highest BCUT2D eigenvalue weighted by Crippen LogP contribution is 1.99. The van der Waals surface area contributed by atoms with Gasteiger partial charge in [0.1, 0.15) is 0 Å². The van der Waals surface area contributed by atoms with Crippen LogP contribution in [0.15, 0.2) is 12.7 Å². The van der Waals surface area contributed by atoms with E-state index in [1.54, 1.807) is 17.8 Å². The summed E-state index contributed by atoms with van der Waals surface area (Å²) in [4.78, 5) is 11.1. The molecule has 88 valence electrons. The molecule has 1 amide bonds. The molecular formula is C10H20N2O2S. The van der Waals surface area contributed by atoms with Gasteiger partial charge in [0.05, 0.1) is 6.54 Å². The van der Waals surface area contributed by atoms with Crippen LogP contribution in [0.5, 0.6) is 0 Å². The van der Waals surface area contributed by atoms with Crippen LogP contribution in [0.1, 0.15) is 6.42 Å².